The Morgan fingerprint density at radius 3 is 2.81 bits per heavy atom. The van der Waals surface area contributed by atoms with E-state index in [1.54, 1.807) is 22.4 Å². The van der Waals surface area contributed by atoms with Crippen molar-refractivity contribution in [3.8, 4) is 0 Å². The van der Waals surface area contributed by atoms with Gasteiger partial charge in [0.1, 0.15) is 0 Å². The van der Waals surface area contributed by atoms with Crippen LogP contribution in [0.5, 0.6) is 0 Å². The van der Waals surface area contributed by atoms with Crippen LogP contribution >= 0.6 is 11.3 Å². The number of amides is 1. The molecule has 0 fully saturated rings. The maximum atomic E-state index is 12.8. The maximum Gasteiger partial charge on any atom is 0.254 e. The Morgan fingerprint density at radius 2 is 2.05 bits per heavy atom. The molecule has 0 saturated carbocycles. The quantitative estimate of drug-likeness (QED) is 0.728. The minimum Gasteiger partial charge on any atom is -0.334 e. The first kappa shape index (κ1) is 13.8. The monoisotopic (exact) mass is 296 g/mol. The largest absolute Gasteiger partial charge is 0.334 e. The van der Waals surface area contributed by atoms with Gasteiger partial charge in [-0.3, -0.25) is 9.78 Å². The number of hydrogen-bond acceptors (Lipinski definition) is 3. The van der Waals surface area contributed by atoms with Gasteiger partial charge in [0.15, 0.2) is 0 Å². The van der Waals surface area contributed by atoms with Crippen LogP contribution in [-0.2, 0) is 0 Å². The predicted molar refractivity (Wildman–Crippen MR) is 86.6 cm³/mol. The molecule has 0 N–H and O–H groups in total. The van der Waals surface area contributed by atoms with E-state index < -0.39 is 0 Å². The maximum absolute atomic E-state index is 12.8. The zero-order valence-corrected chi connectivity index (χ0v) is 12.8. The van der Waals surface area contributed by atoms with Crippen LogP contribution in [0.4, 0.5) is 0 Å². The van der Waals surface area contributed by atoms with Crippen molar-refractivity contribution in [2.24, 2.45) is 0 Å². The number of thiophene rings is 1. The van der Waals surface area contributed by atoms with Gasteiger partial charge in [-0.15, -0.1) is 11.3 Å². The first-order valence-corrected chi connectivity index (χ1v) is 7.71. The smallest absolute Gasteiger partial charge is 0.254 e. The average Bonchev–Trinajstić information content (AvgIpc) is 3.06. The summed E-state index contributed by atoms with van der Waals surface area (Å²) in [7, 11) is 1.85. The van der Waals surface area contributed by atoms with Crippen LogP contribution in [0, 0.1) is 0 Å². The van der Waals surface area contributed by atoms with Gasteiger partial charge in [-0.25, -0.2) is 0 Å². The Labute approximate surface area is 127 Å². The van der Waals surface area contributed by atoms with E-state index in [2.05, 4.69) is 11.1 Å². The van der Waals surface area contributed by atoms with Crippen molar-refractivity contribution in [3.05, 3.63) is 64.5 Å². The van der Waals surface area contributed by atoms with Crippen molar-refractivity contribution in [2.45, 2.75) is 13.0 Å². The normalized spacial score (nSPS) is 12.3. The molecule has 1 atom stereocenters. The van der Waals surface area contributed by atoms with Gasteiger partial charge in [0.2, 0.25) is 0 Å². The lowest BCUT2D eigenvalue weighted by Gasteiger charge is -2.24. The highest BCUT2D eigenvalue weighted by Gasteiger charge is 2.21. The highest BCUT2D eigenvalue weighted by Crippen LogP contribution is 2.26. The second kappa shape index (κ2) is 5.66. The van der Waals surface area contributed by atoms with Crippen LogP contribution < -0.4 is 0 Å². The van der Waals surface area contributed by atoms with E-state index in [0.717, 1.165) is 10.9 Å². The summed E-state index contributed by atoms with van der Waals surface area (Å²) in [5, 5.41) is 2.93. The first-order valence-electron chi connectivity index (χ1n) is 6.83. The van der Waals surface area contributed by atoms with Gasteiger partial charge >= 0.3 is 0 Å². The third-order valence-electron chi connectivity index (χ3n) is 3.73. The summed E-state index contributed by atoms with van der Waals surface area (Å²) < 4.78 is 0. The minimum absolute atomic E-state index is 0.0227. The van der Waals surface area contributed by atoms with Crippen molar-refractivity contribution in [3.63, 3.8) is 0 Å². The molecule has 2 heterocycles. The van der Waals surface area contributed by atoms with Gasteiger partial charge in [-0.1, -0.05) is 18.2 Å². The number of aromatic nitrogens is 1. The zero-order chi connectivity index (χ0) is 14.8. The van der Waals surface area contributed by atoms with Crippen molar-refractivity contribution >= 4 is 28.1 Å². The molecule has 2 aromatic heterocycles. The minimum atomic E-state index is 0.0227. The Bertz CT molecular complexity index is 762. The highest BCUT2D eigenvalue weighted by molar-refractivity contribution is 7.10. The number of nitrogens with zero attached hydrogens (tertiary/aromatic N) is 2. The average molecular weight is 296 g/mol. The van der Waals surface area contributed by atoms with Crippen LogP contribution in [0.3, 0.4) is 0 Å². The lowest BCUT2D eigenvalue weighted by atomic mass is 10.1. The fourth-order valence-electron chi connectivity index (χ4n) is 2.38. The molecule has 0 aliphatic rings. The molecule has 1 aromatic carbocycles. The van der Waals surface area contributed by atoms with E-state index in [-0.39, 0.29) is 11.9 Å². The molecule has 3 rings (SSSR count). The second-order valence-electron chi connectivity index (χ2n) is 4.98. The summed E-state index contributed by atoms with van der Waals surface area (Å²) in [6.45, 7) is 2.05. The summed E-state index contributed by atoms with van der Waals surface area (Å²) in [4.78, 5) is 20.1. The Hall–Kier alpha value is -2.20. The van der Waals surface area contributed by atoms with Crippen LogP contribution in [0.1, 0.15) is 28.2 Å². The molecule has 3 aromatic rings. The Balaban J connectivity index is 1.97. The van der Waals surface area contributed by atoms with Crippen molar-refractivity contribution in [2.75, 3.05) is 7.05 Å². The first-order chi connectivity index (χ1) is 10.2. The number of rotatable bonds is 3. The number of pyridine rings is 1. The number of fused-ring (bicyclic) bond motifs is 1. The van der Waals surface area contributed by atoms with E-state index in [1.165, 1.54) is 4.88 Å². The van der Waals surface area contributed by atoms with Gasteiger partial charge < -0.3 is 4.90 Å². The second-order valence-corrected chi connectivity index (χ2v) is 5.96. The van der Waals surface area contributed by atoms with Crippen LogP contribution in [0.15, 0.2) is 54.0 Å². The summed E-state index contributed by atoms with van der Waals surface area (Å²) >= 11 is 1.67. The van der Waals surface area contributed by atoms with E-state index in [1.807, 2.05) is 55.7 Å². The molecule has 0 unspecified atom stereocenters. The Morgan fingerprint density at radius 1 is 1.19 bits per heavy atom. The highest BCUT2D eigenvalue weighted by atomic mass is 32.1. The molecule has 106 valence electrons. The predicted octanol–water partition coefficient (Wildman–Crippen LogP) is 4.13. The molecule has 21 heavy (non-hydrogen) atoms. The topological polar surface area (TPSA) is 33.2 Å². The lowest BCUT2D eigenvalue weighted by molar-refractivity contribution is 0.0747. The molecule has 0 aliphatic heterocycles. The lowest BCUT2D eigenvalue weighted by Crippen LogP contribution is -2.29. The van der Waals surface area contributed by atoms with Gasteiger partial charge in [0, 0.05) is 29.1 Å². The van der Waals surface area contributed by atoms with E-state index in [4.69, 9.17) is 0 Å². The van der Waals surface area contributed by atoms with Crippen molar-refractivity contribution < 1.29 is 4.79 Å². The standard InChI is InChI=1S/C17H16N2OS/c1-12(16-9-5-11-21-16)19(2)17(20)14-6-3-8-15-13(14)7-4-10-18-15/h3-12H,1-2H3/t12-/m0/s1. The molecular weight excluding hydrogens is 280 g/mol. The fraction of sp³-hybridized carbons (Fsp3) is 0.176. The molecule has 0 bridgehead atoms. The molecule has 1 amide bonds. The molecule has 0 saturated heterocycles. The molecule has 0 radical (unpaired) electrons. The van der Waals surface area contributed by atoms with E-state index in [0.29, 0.717) is 5.56 Å². The third-order valence-corrected chi connectivity index (χ3v) is 4.77. The molecule has 0 spiro atoms. The molecule has 0 aliphatic carbocycles. The summed E-state index contributed by atoms with van der Waals surface area (Å²) in [5.74, 6) is 0.0227. The summed E-state index contributed by atoms with van der Waals surface area (Å²) in [5.41, 5.74) is 1.55. The molecular formula is C17H16N2OS. The van der Waals surface area contributed by atoms with Gasteiger partial charge in [-0.05, 0) is 36.6 Å². The molecule has 3 nitrogen and oxygen atoms in total. The van der Waals surface area contributed by atoms with Crippen molar-refractivity contribution in [1.29, 1.82) is 0 Å². The van der Waals surface area contributed by atoms with Gasteiger partial charge in [-0.2, -0.15) is 0 Å². The third kappa shape index (κ3) is 2.54. The number of benzene rings is 1. The SMILES string of the molecule is C[C@@H](c1cccs1)N(C)C(=O)c1cccc2ncccc12. The van der Waals surface area contributed by atoms with E-state index in [9.17, 15) is 4.79 Å². The Kier molecular flexibility index (Phi) is 3.71. The summed E-state index contributed by atoms with van der Waals surface area (Å²) in [6.07, 6.45) is 1.74. The van der Waals surface area contributed by atoms with E-state index >= 15 is 0 Å². The van der Waals surface area contributed by atoms with Crippen LogP contribution in [-0.4, -0.2) is 22.8 Å². The fourth-order valence-corrected chi connectivity index (χ4v) is 3.20. The van der Waals surface area contributed by atoms with Crippen LogP contribution in [0.2, 0.25) is 0 Å². The number of carbonyl (C=O) groups is 1. The number of hydrogen-bond donors (Lipinski definition) is 0. The zero-order valence-electron chi connectivity index (χ0n) is 12.0. The summed E-state index contributed by atoms with van der Waals surface area (Å²) in [6, 6.07) is 13.6. The molecule has 4 heteroatoms. The van der Waals surface area contributed by atoms with Crippen LogP contribution in [0.25, 0.3) is 10.9 Å². The van der Waals surface area contributed by atoms with Gasteiger partial charge in [0.25, 0.3) is 5.91 Å². The van der Waals surface area contributed by atoms with Gasteiger partial charge in [0.05, 0.1) is 11.6 Å². The van der Waals surface area contributed by atoms with Crippen molar-refractivity contribution in [1.82, 2.24) is 9.88 Å². The number of carbonyl (C=O) groups excluding carboxylic acids is 1.